The zero-order chi connectivity index (χ0) is 12.5. The topological polar surface area (TPSA) is 41.1 Å². The van der Waals surface area contributed by atoms with E-state index in [1.54, 1.807) is 0 Å². The first-order valence-corrected chi connectivity index (χ1v) is 6.99. The second-order valence-corrected chi connectivity index (χ2v) is 6.69. The summed E-state index contributed by atoms with van der Waals surface area (Å²) in [7, 11) is 0. The Kier molecular flexibility index (Phi) is 3.76. The second-order valence-electron chi connectivity index (χ2n) is 6.69. The molecule has 3 heteroatoms. The summed E-state index contributed by atoms with van der Waals surface area (Å²) in [6.07, 6.45) is 4.59. The first-order chi connectivity index (χ1) is 7.98. The molecule has 1 aliphatic carbocycles. The Labute approximate surface area is 105 Å². The van der Waals surface area contributed by atoms with E-state index >= 15 is 0 Å². The molecule has 2 rings (SSSR count). The van der Waals surface area contributed by atoms with Crippen LogP contribution < -0.4 is 10.6 Å². The van der Waals surface area contributed by atoms with Gasteiger partial charge in [-0.2, -0.15) is 0 Å². The van der Waals surface area contributed by atoms with Crippen LogP contribution in [0.4, 0.5) is 0 Å². The van der Waals surface area contributed by atoms with Crippen molar-refractivity contribution in [2.24, 2.45) is 17.3 Å². The van der Waals surface area contributed by atoms with Gasteiger partial charge in [-0.25, -0.2) is 0 Å². The summed E-state index contributed by atoms with van der Waals surface area (Å²) in [5.41, 5.74) is 0.454. The van der Waals surface area contributed by atoms with Crippen LogP contribution in [0.15, 0.2) is 0 Å². The summed E-state index contributed by atoms with van der Waals surface area (Å²) in [6.45, 7) is 8.80. The smallest absolute Gasteiger partial charge is 0.224 e. The van der Waals surface area contributed by atoms with Crippen molar-refractivity contribution in [1.29, 1.82) is 0 Å². The van der Waals surface area contributed by atoms with Crippen LogP contribution >= 0.6 is 0 Å². The van der Waals surface area contributed by atoms with Crippen molar-refractivity contribution in [2.75, 3.05) is 13.1 Å². The van der Waals surface area contributed by atoms with E-state index in [2.05, 4.69) is 31.4 Å². The highest BCUT2D eigenvalue weighted by molar-refractivity contribution is 5.79. The summed E-state index contributed by atoms with van der Waals surface area (Å²) < 4.78 is 0. The lowest BCUT2D eigenvalue weighted by Gasteiger charge is -2.39. The minimum absolute atomic E-state index is 0.206. The Morgan fingerprint density at radius 1 is 1.35 bits per heavy atom. The molecule has 1 amide bonds. The molecule has 3 unspecified atom stereocenters. The third-order valence-electron chi connectivity index (χ3n) is 4.45. The van der Waals surface area contributed by atoms with Crippen molar-refractivity contribution in [3.63, 3.8) is 0 Å². The summed E-state index contributed by atoms with van der Waals surface area (Å²) in [5.74, 6) is 1.08. The molecule has 3 atom stereocenters. The van der Waals surface area contributed by atoms with Crippen LogP contribution in [-0.4, -0.2) is 25.0 Å². The molecule has 0 aromatic rings. The number of amides is 1. The van der Waals surface area contributed by atoms with Gasteiger partial charge in [0.25, 0.3) is 0 Å². The fourth-order valence-corrected chi connectivity index (χ4v) is 3.34. The van der Waals surface area contributed by atoms with Crippen molar-refractivity contribution in [1.82, 2.24) is 10.6 Å². The van der Waals surface area contributed by atoms with Crippen molar-refractivity contribution in [3.05, 3.63) is 0 Å². The average molecular weight is 238 g/mol. The summed E-state index contributed by atoms with van der Waals surface area (Å²) in [6, 6.07) is 0.399. The van der Waals surface area contributed by atoms with Crippen molar-refractivity contribution in [3.8, 4) is 0 Å². The molecule has 1 aliphatic heterocycles. The number of carbonyl (C=O) groups is 1. The molecule has 0 bridgehead atoms. The van der Waals surface area contributed by atoms with E-state index in [1.807, 2.05) is 0 Å². The van der Waals surface area contributed by atoms with Gasteiger partial charge in [0.2, 0.25) is 5.91 Å². The quantitative estimate of drug-likeness (QED) is 0.772. The van der Waals surface area contributed by atoms with Crippen molar-refractivity contribution >= 4 is 5.91 Å². The SMILES string of the molecule is CC1CC(C)(C)CCC1NC(=O)C1CCNC1. The normalized spacial score (nSPS) is 36.8. The molecule has 98 valence electrons. The Morgan fingerprint density at radius 3 is 2.71 bits per heavy atom. The number of hydrogen-bond donors (Lipinski definition) is 2. The van der Waals surface area contributed by atoms with E-state index < -0.39 is 0 Å². The zero-order valence-electron chi connectivity index (χ0n) is 11.4. The van der Waals surface area contributed by atoms with E-state index in [4.69, 9.17) is 0 Å². The molecule has 1 saturated heterocycles. The molecule has 0 radical (unpaired) electrons. The Morgan fingerprint density at radius 2 is 2.12 bits per heavy atom. The maximum atomic E-state index is 12.1. The maximum absolute atomic E-state index is 12.1. The number of nitrogens with one attached hydrogen (secondary N) is 2. The predicted molar refractivity (Wildman–Crippen MR) is 69.7 cm³/mol. The lowest BCUT2D eigenvalue weighted by atomic mass is 9.70. The van der Waals surface area contributed by atoms with Gasteiger partial charge in [-0.05, 0) is 43.6 Å². The molecule has 2 aliphatic rings. The zero-order valence-corrected chi connectivity index (χ0v) is 11.4. The molecule has 0 spiro atoms. The highest BCUT2D eigenvalue weighted by atomic mass is 16.2. The Balaban J connectivity index is 1.84. The van der Waals surface area contributed by atoms with E-state index in [1.165, 1.54) is 12.8 Å². The largest absolute Gasteiger partial charge is 0.353 e. The summed E-state index contributed by atoms with van der Waals surface area (Å²) >= 11 is 0. The monoisotopic (exact) mass is 238 g/mol. The minimum Gasteiger partial charge on any atom is -0.353 e. The first kappa shape index (κ1) is 12.9. The van der Waals surface area contributed by atoms with Crippen LogP contribution in [-0.2, 0) is 4.79 Å². The molecule has 1 saturated carbocycles. The van der Waals surface area contributed by atoms with Crippen LogP contribution in [0.25, 0.3) is 0 Å². The molecule has 2 fully saturated rings. The fourth-order valence-electron chi connectivity index (χ4n) is 3.34. The van der Waals surface area contributed by atoms with Gasteiger partial charge in [0.1, 0.15) is 0 Å². The van der Waals surface area contributed by atoms with Crippen LogP contribution in [0.5, 0.6) is 0 Å². The summed E-state index contributed by atoms with van der Waals surface area (Å²) in [4.78, 5) is 12.1. The van der Waals surface area contributed by atoms with Crippen molar-refractivity contribution in [2.45, 2.75) is 52.5 Å². The minimum atomic E-state index is 0.206. The Bertz CT molecular complexity index is 282. The van der Waals surface area contributed by atoms with Gasteiger partial charge in [-0.15, -0.1) is 0 Å². The van der Waals surface area contributed by atoms with E-state index in [-0.39, 0.29) is 11.8 Å². The highest BCUT2D eigenvalue weighted by Gasteiger charge is 2.34. The van der Waals surface area contributed by atoms with Crippen LogP contribution in [0.1, 0.15) is 46.5 Å². The lowest BCUT2D eigenvalue weighted by molar-refractivity contribution is -0.126. The molecule has 0 aromatic heterocycles. The van der Waals surface area contributed by atoms with Gasteiger partial charge in [-0.3, -0.25) is 4.79 Å². The molecular formula is C14H26N2O. The average Bonchev–Trinajstić information content (AvgIpc) is 2.74. The van der Waals surface area contributed by atoms with Gasteiger partial charge >= 0.3 is 0 Å². The molecule has 3 nitrogen and oxygen atoms in total. The van der Waals surface area contributed by atoms with E-state index in [9.17, 15) is 4.79 Å². The third kappa shape index (κ3) is 3.21. The first-order valence-electron chi connectivity index (χ1n) is 6.99. The standard InChI is InChI=1S/C14H26N2O/c1-10-8-14(2,3)6-4-12(10)16-13(17)11-5-7-15-9-11/h10-12,15H,4-9H2,1-3H3,(H,16,17). The summed E-state index contributed by atoms with van der Waals surface area (Å²) in [5, 5.41) is 6.52. The van der Waals surface area contributed by atoms with Gasteiger partial charge in [0, 0.05) is 12.6 Å². The Hall–Kier alpha value is -0.570. The molecule has 0 aromatic carbocycles. The predicted octanol–water partition coefficient (Wildman–Crippen LogP) is 1.93. The number of hydrogen-bond acceptors (Lipinski definition) is 2. The lowest BCUT2D eigenvalue weighted by Crippen LogP contribution is -2.46. The number of rotatable bonds is 2. The van der Waals surface area contributed by atoms with Crippen LogP contribution in [0.2, 0.25) is 0 Å². The van der Waals surface area contributed by atoms with Gasteiger partial charge in [-0.1, -0.05) is 20.8 Å². The second kappa shape index (κ2) is 4.97. The van der Waals surface area contributed by atoms with Gasteiger partial charge < -0.3 is 10.6 Å². The van der Waals surface area contributed by atoms with E-state index in [0.717, 1.165) is 25.9 Å². The van der Waals surface area contributed by atoms with Gasteiger partial charge in [0.15, 0.2) is 0 Å². The van der Waals surface area contributed by atoms with Crippen molar-refractivity contribution < 1.29 is 4.79 Å². The highest BCUT2D eigenvalue weighted by Crippen LogP contribution is 2.38. The third-order valence-corrected chi connectivity index (χ3v) is 4.45. The van der Waals surface area contributed by atoms with Crippen LogP contribution in [0, 0.1) is 17.3 Å². The maximum Gasteiger partial charge on any atom is 0.224 e. The molecule has 1 heterocycles. The molecular weight excluding hydrogens is 212 g/mol. The number of carbonyl (C=O) groups excluding carboxylic acids is 1. The fraction of sp³-hybridized carbons (Fsp3) is 0.929. The molecule has 17 heavy (non-hydrogen) atoms. The van der Waals surface area contributed by atoms with E-state index in [0.29, 0.717) is 17.4 Å². The molecule has 2 N–H and O–H groups in total. The van der Waals surface area contributed by atoms with Crippen LogP contribution in [0.3, 0.4) is 0 Å². The van der Waals surface area contributed by atoms with Gasteiger partial charge in [0.05, 0.1) is 5.92 Å².